The minimum atomic E-state index is -0.370. The molecule has 3 aromatic rings. The quantitative estimate of drug-likeness (QED) is 0.526. The first kappa shape index (κ1) is 14.4. The number of halogens is 3. The second kappa shape index (κ2) is 5.33. The average Bonchev–Trinajstić information content (AvgIpc) is 2.90. The number of alkyl halides is 1. The SMILES string of the molecule is Cn1c(=O)oc2cc(C(Cl)c3cc(Br)c(Br)s3)ccc21. The summed E-state index contributed by atoms with van der Waals surface area (Å²) in [6.07, 6.45) is 0. The second-order valence-corrected chi connectivity index (χ2v) is 7.98. The van der Waals surface area contributed by atoms with Crippen molar-refractivity contribution < 1.29 is 4.42 Å². The molecule has 20 heavy (non-hydrogen) atoms. The molecule has 0 aliphatic rings. The lowest BCUT2D eigenvalue weighted by molar-refractivity contribution is 0.528. The normalized spacial score (nSPS) is 13.0. The van der Waals surface area contributed by atoms with Crippen LogP contribution in [0.5, 0.6) is 0 Å². The molecule has 0 fully saturated rings. The number of aryl methyl sites for hydroxylation is 1. The molecule has 0 spiro atoms. The highest BCUT2D eigenvalue weighted by molar-refractivity contribution is 9.13. The number of benzene rings is 1. The molecule has 0 saturated heterocycles. The molecule has 1 atom stereocenters. The molecule has 0 N–H and O–H groups in total. The van der Waals surface area contributed by atoms with Gasteiger partial charge in [0.15, 0.2) is 5.58 Å². The van der Waals surface area contributed by atoms with Gasteiger partial charge in [-0.3, -0.25) is 4.57 Å². The zero-order chi connectivity index (χ0) is 14.4. The molecule has 3 rings (SSSR count). The van der Waals surface area contributed by atoms with Crippen LogP contribution in [0.25, 0.3) is 11.1 Å². The molecule has 0 saturated carbocycles. The molecule has 1 unspecified atom stereocenters. The van der Waals surface area contributed by atoms with E-state index in [1.165, 1.54) is 4.57 Å². The summed E-state index contributed by atoms with van der Waals surface area (Å²) in [6.45, 7) is 0. The van der Waals surface area contributed by atoms with Crippen LogP contribution in [0.3, 0.4) is 0 Å². The van der Waals surface area contributed by atoms with Gasteiger partial charge in [-0.1, -0.05) is 6.07 Å². The van der Waals surface area contributed by atoms with Crippen LogP contribution in [0.1, 0.15) is 15.8 Å². The van der Waals surface area contributed by atoms with Crippen LogP contribution in [0.4, 0.5) is 0 Å². The van der Waals surface area contributed by atoms with Crippen LogP contribution in [-0.4, -0.2) is 4.57 Å². The fourth-order valence-corrected chi connectivity index (χ4v) is 4.39. The van der Waals surface area contributed by atoms with Crippen molar-refractivity contribution in [3.63, 3.8) is 0 Å². The van der Waals surface area contributed by atoms with Crippen molar-refractivity contribution in [1.82, 2.24) is 4.57 Å². The molecule has 0 radical (unpaired) electrons. The third-order valence-electron chi connectivity index (χ3n) is 3.02. The number of hydrogen-bond donors (Lipinski definition) is 0. The minimum absolute atomic E-state index is 0.280. The predicted molar refractivity (Wildman–Crippen MR) is 88.9 cm³/mol. The van der Waals surface area contributed by atoms with Crippen LogP contribution >= 0.6 is 54.8 Å². The molecule has 2 heterocycles. The highest BCUT2D eigenvalue weighted by Crippen LogP contribution is 2.40. The van der Waals surface area contributed by atoms with E-state index in [0.29, 0.717) is 5.58 Å². The predicted octanol–water partition coefficient (Wildman–Crippen LogP) is 5.05. The Hall–Kier alpha value is -0.560. The monoisotopic (exact) mass is 435 g/mol. The Balaban J connectivity index is 2.07. The molecular formula is C13H8Br2ClNO2S. The van der Waals surface area contributed by atoms with Gasteiger partial charge in [0.1, 0.15) is 0 Å². The minimum Gasteiger partial charge on any atom is -0.408 e. The van der Waals surface area contributed by atoms with Crippen LogP contribution in [0.15, 0.2) is 41.7 Å². The summed E-state index contributed by atoms with van der Waals surface area (Å²) in [6, 6.07) is 7.56. The molecule has 1 aromatic carbocycles. The van der Waals surface area contributed by atoms with Gasteiger partial charge in [0.25, 0.3) is 0 Å². The summed E-state index contributed by atoms with van der Waals surface area (Å²) in [5, 5.41) is -0.280. The van der Waals surface area contributed by atoms with Crippen molar-refractivity contribution in [2.24, 2.45) is 7.05 Å². The summed E-state index contributed by atoms with van der Waals surface area (Å²) >= 11 is 15.0. The topological polar surface area (TPSA) is 35.1 Å². The Labute approximate surface area is 140 Å². The molecule has 3 nitrogen and oxygen atoms in total. The zero-order valence-electron chi connectivity index (χ0n) is 10.2. The molecular weight excluding hydrogens is 429 g/mol. The number of thiophene rings is 1. The van der Waals surface area contributed by atoms with Crippen molar-refractivity contribution >= 4 is 65.9 Å². The molecule has 0 amide bonds. The van der Waals surface area contributed by atoms with E-state index >= 15 is 0 Å². The highest BCUT2D eigenvalue weighted by Gasteiger charge is 2.17. The fourth-order valence-electron chi connectivity index (χ4n) is 1.96. The van der Waals surface area contributed by atoms with Crippen molar-refractivity contribution in [1.29, 1.82) is 0 Å². The van der Waals surface area contributed by atoms with Crippen molar-refractivity contribution in [3.8, 4) is 0 Å². The summed E-state index contributed by atoms with van der Waals surface area (Å²) < 4.78 is 8.65. The lowest BCUT2D eigenvalue weighted by Crippen LogP contribution is -2.08. The standard InChI is InChI=1S/C13H8Br2ClNO2S/c1-17-8-3-2-6(4-9(8)19-13(17)18)11(16)10-5-7(14)12(15)20-10/h2-5,11H,1H3. The van der Waals surface area contributed by atoms with Crippen molar-refractivity contribution in [2.75, 3.05) is 0 Å². The number of aromatic nitrogens is 1. The average molecular weight is 438 g/mol. The summed E-state index contributed by atoms with van der Waals surface area (Å²) in [5.41, 5.74) is 2.21. The van der Waals surface area contributed by atoms with E-state index in [1.807, 2.05) is 24.3 Å². The molecule has 0 aliphatic carbocycles. The summed E-state index contributed by atoms with van der Waals surface area (Å²) in [5.74, 6) is -0.370. The van der Waals surface area contributed by atoms with E-state index in [4.69, 9.17) is 16.0 Å². The third kappa shape index (κ3) is 2.39. The number of nitrogens with zero attached hydrogens (tertiary/aromatic N) is 1. The Bertz CT molecular complexity index is 832. The Kier molecular flexibility index (Phi) is 3.83. The van der Waals surface area contributed by atoms with Crippen LogP contribution in [-0.2, 0) is 7.05 Å². The van der Waals surface area contributed by atoms with Gasteiger partial charge in [-0.05, 0) is 55.6 Å². The Morgan fingerprint density at radius 3 is 2.75 bits per heavy atom. The molecule has 0 bridgehead atoms. The Morgan fingerprint density at radius 1 is 1.35 bits per heavy atom. The zero-order valence-corrected chi connectivity index (χ0v) is 14.9. The van der Waals surface area contributed by atoms with Gasteiger partial charge in [-0.15, -0.1) is 22.9 Å². The van der Waals surface area contributed by atoms with Gasteiger partial charge in [0.2, 0.25) is 0 Å². The molecule has 104 valence electrons. The summed E-state index contributed by atoms with van der Waals surface area (Å²) in [4.78, 5) is 12.5. The highest BCUT2D eigenvalue weighted by atomic mass is 79.9. The van der Waals surface area contributed by atoms with Crippen LogP contribution < -0.4 is 5.76 Å². The smallest absolute Gasteiger partial charge is 0.408 e. The van der Waals surface area contributed by atoms with Crippen molar-refractivity contribution in [2.45, 2.75) is 5.38 Å². The van der Waals surface area contributed by atoms with Crippen LogP contribution in [0.2, 0.25) is 0 Å². The molecule has 2 aromatic heterocycles. The van der Waals surface area contributed by atoms with Gasteiger partial charge in [-0.25, -0.2) is 4.79 Å². The number of fused-ring (bicyclic) bond motifs is 1. The van der Waals surface area contributed by atoms with E-state index in [0.717, 1.165) is 24.2 Å². The second-order valence-electron chi connectivity index (χ2n) is 4.29. The Morgan fingerprint density at radius 2 is 2.10 bits per heavy atom. The number of oxazole rings is 1. The molecule has 7 heteroatoms. The fraction of sp³-hybridized carbons (Fsp3) is 0.154. The number of rotatable bonds is 2. The first-order chi connectivity index (χ1) is 9.47. The third-order valence-corrected chi connectivity index (χ3v) is 6.96. The first-order valence-electron chi connectivity index (χ1n) is 5.65. The molecule has 0 aliphatic heterocycles. The van der Waals surface area contributed by atoms with E-state index in [2.05, 4.69) is 31.9 Å². The lowest BCUT2D eigenvalue weighted by Gasteiger charge is -2.07. The van der Waals surface area contributed by atoms with Gasteiger partial charge in [0.05, 0.1) is 14.7 Å². The van der Waals surface area contributed by atoms with E-state index in [-0.39, 0.29) is 11.1 Å². The largest absolute Gasteiger partial charge is 0.419 e. The van der Waals surface area contributed by atoms with E-state index in [9.17, 15) is 4.79 Å². The van der Waals surface area contributed by atoms with E-state index < -0.39 is 0 Å². The maximum Gasteiger partial charge on any atom is 0.419 e. The lowest BCUT2D eigenvalue weighted by atomic mass is 10.1. The maximum atomic E-state index is 11.5. The summed E-state index contributed by atoms with van der Waals surface area (Å²) in [7, 11) is 1.68. The van der Waals surface area contributed by atoms with Crippen molar-refractivity contribution in [3.05, 3.63) is 53.5 Å². The number of hydrogen-bond acceptors (Lipinski definition) is 3. The van der Waals surface area contributed by atoms with Gasteiger partial charge in [-0.2, -0.15) is 0 Å². The van der Waals surface area contributed by atoms with E-state index in [1.54, 1.807) is 18.4 Å². The van der Waals surface area contributed by atoms with Crippen LogP contribution in [0, 0.1) is 0 Å². The van der Waals surface area contributed by atoms with Gasteiger partial charge < -0.3 is 4.42 Å². The van der Waals surface area contributed by atoms with Gasteiger partial charge in [0, 0.05) is 16.4 Å². The first-order valence-corrected chi connectivity index (χ1v) is 8.49. The van der Waals surface area contributed by atoms with Gasteiger partial charge >= 0.3 is 5.76 Å². The maximum absolute atomic E-state index is 11.5.